The number of Topliss-reactive ketones (excluding diaryl/α,β-unsaturated/α-hetero) is 2. The number of carbonyl (C=O) groups is 2. The zero-order valence-electron chi connectivity index (χ0n) is 11.9. The van der Waals surface area contributed by atoms with E-state index in [2.05, 4.69) is 0 Å². The molecule has 22 heavy (non-hydrogen) atoms. The zero-order chi connectivity index (χ0) is 15.3. The lowest BCUT2D eigenvalue weighted by Crippen LogP contribution is -2.20. The van der Waals surface area contributed by atoms with Crippen molar-refractivity contribution in [3.05, 3.63) is 71.3 Å². The minimum Gasteiger partial charge on any atom is -0.455 e. The van der Waals surface area contributed by atoms with Gasteiger partial charge >= 0.3 is 0 Å². The number of rotatable bonds is 1. The summed E-state index contributed by atoms with van der Waals surface area (Å²) in [7, 11) is 0. The SMILES string of the molecule is Cc1c(-c2ccccc2)oc2c1C(=O)C(=O)c1ccccc1-2. The lowest BCUT2D eigenvalue weighted by molar-refractivity contribution is 0.0814. The lowest BCUT2D eigenvalue weighted by Gasteiger charge is -2.12. The van der Waals surface area contributed by atoms with Crippen molar-refractivity contribution in [2.75, 3.05) is 0 Å². The molecule has 106 valence electrons. The first-order chi connectivity index (χ1) is 10.7. The Balaban J connectivity index is 2.04. The monoisotopic (exact) mass is 288 g/mol. The van der Waals surface area contributed by atoms with Crippen molar-refractivity contribution in [2.24, 2.45) is 0 Å². The molecule has 4 rings (SSSR count). The van der Waals surface area contributed by atoms with Gasteiger partial charge in [0.1, 0.15) is 11.5 Å². The van der Waals surface area contributed by atoms with Gasteiger partial charge in [-0.15, -0.1) is 0 Å². The molecule has 2 aromatic carbocycles. The molecule has 0 saturated carbocycles. The van der Waals surface area contributed by atoms with Crippen LogP contribution >= 0.6 is 0 Å². The summed E-state index contributed by atoms with van der Waals surface area (Å²) in [5.41, 5.74) is 3.10. The Labute approximate surface area is 127 Å². The van der Waals surface area contributed by atoms with E-state index in [1.807, 2.05) is 49.4 Å². The van der Waals surface area contributed by atoms with E-state index in [4.69, 9.17) is 4.42 Å². The second kappa shape index (κ2) is 4.53. The van der Waals surface area contributed by atoms with Crippen LogP contribution in [0.25, 0.3) is 22.6 Å². The van der Waals surface area contributed by atoms with Crippen molar-refractivity contribution in [3.8, 4) is 22.6 Å². The van der Waals surface area contributed by atoms with Crippen molar-refractivity contribution < 1.29 is 14.0 Å². The molecule has 1 aliphatic rings. The van der Waals surface area contributed by atoms with Crippen LogP contribution in [0.5, 0.6) is 0 Å². The van der Waals surface area contributed by atoms with Crippen LogP contribution < -0.4 is 0 Å². The summed E-state index contributed by atoms with van der Waals surface area (Å²) in [6, 6.07) is 16.7. The maximum absolute atomic E-state index is 12.4. The minimum absolute atomic E-state index is 0.391. The van der Waals surface area contributed by atoms with Crippen LogP contribution in [0, 0.1) is 6.92 Å². The van der Waals surface area contributed by atoms with Crippen LogP contribution in [0.1, 0.15) is 26.3 Å². The molecule has 1 aliphatic carbocycles. The number of benzene rings is 2. The average Bonchev–Trinajstić information content (AvgIpc) is 2.91. The average molecular weight is 288 g/mol. The fourth-order valence-electron chi connectivity index (χ4n) is 2.96. The Kier molecular flexibility index (Phi) is 2.63. The number of hydrogen-bond donors (Lipinski definition) is 0. The molecule has 0 bridgehead atoms. The summed E-state index contributed by atoms with van der Waals surface area (Å²) in [4.78, 5) is 24.7. The van der Waals surface area contributed by atoms with E-state index in [9.17, 15) is 9.59 Å². The highest BCUT2D eigenvalue weighted by Gasteiger charge is 2.36. The van der Waals surface area contributed by atoms with Crippen LogP contribution in [-0.4, -0.2) is 11.6 Å². The fraction of sp³-hybridized carbons (Fsp3) is 0.0526. The first kappa shape index (κ1) is 12.8. The normalized spacial score (nSPS) is 13.0. The van der Waals surface area contributed by atoms with E-state index in [-0.39, 0.29) is 0 Å². The number of hydrogen-bond acceptors (Lipinski definition) is 3. The first-order valence-corrected chi connectivity index (χ1v) is 7.05. The minimum atomic E-state index is -0.489. The Morgan fingerprint density at radius 1 is 0.727 bits per heavy atom. The van der Waals surface area contributed by atoms with E-state index in [1.54, 1.807) is 12.1 Å². The molecular weight excluding hydrogens is 276 g/mol. The Hall–Kier alpha value is -2.94. The first-order valence-electron chi connectivity index (χ1n) is 7.05. The molecule has 0 saturated heterocycles. The van der Waals surface area contributed by atoms with E-state index >= 15 is 0 Å². The highest BCUT2D eigenvalue weighted by molar-refractivity contribution is 6.53. The maximum atomic E-state index is 12.4. The van der Waals surface area contributed by atoms with Crippen molar-refractivity contribution in [1.82, 2.24) is 0 Å². The predicted octanol–water partition coefficient (Wildman–Crippen LogP) is 4.30. The van der Waals surface area contributed by atoms with Gasteiger partial charge in [0.25, 0.3) is 0 Å². The van der Waals surface area contributed by atoms with Crippen LogP contribution in [0.15, 0.2) is 59.0 Å². The lowest BCUT2D eigenvalue weighted by atomic mass is 9.87. The largest absolute Gasteiger partial charge is 0.455 e. The molecule has 3 heteroatoms. The zero-order valence-corrected chi connectivity index (χ0v) is 11.9. The van der Waals surface area contributed by atoms with Gasteiger partial charge in [0.15, 0.2) is 0 Å². The van der Waals surface area contributed by atoms with Gasteiger partial charge in [0.05, 0.1) is 5.56 Å². The predicted molar refractivity (Wildman–Crippen MR) is 83.0 cm³/mol. The van der Waals surface area contributed by atoms with Gasteiger partial charge in [-0.3, -0.25) is 9.59 Å². The number of furan rings is 1. The molecule has 0 fully saturated rings. The maximum Gasteiger partial charge on any atom is 0.237 e. The summed E-state index contributed by atoms with van der Waals surface area (Å²) in [6.45, 7) is 1.82. The number of carbonyl (C=O) groups excluding carboxylic acids is 2. The topological polar surface area (TPSA) is 47.3 Å². The molecule has 0 amide bonds. The molecule has 0 radical (unpaired) electrons. The van der Waals surface area contributed by atoms with Crippen LogP contribution in [0.3, 0.4) is 0 Å². The van der Waals surface area contributed by atoms with Gasteiger partial charge < -0.3 is 4.42 Å². The highest BCUT2D eigenvalue weighted by Crippen LogP contribution is 2.41. The molecule has 0 N–H and O–H groups in total. The summed E-state index contributed by atoms with van der Waals surface area (Å²) in [6.07, 6.45) is 0. The third-order valence-electron chi connectivity index (χ3n) is 4.03. The molecule has 0 aliphatic heterocycles. The third-order valence-corrected chi connectivity index (χ3v) is 4.03. The second-order valence-corrected chi connectivity index (χ2v) is 5.33. The molecule has 0 spiro atoms. The molecular formula is C19H12O3. The molecule has 3 aromatic rings. The standard InChI is InChI=1S/C19H12O3/c1-11-15-17(21)16(20)13-9-5-6-10-14(13)19(15)22-18(11)12-7-3-2-4-8-12/h2-10H,1H3. The molecule has 0 atom stereocenters. The van der Waals surface area contributed by atoms with Gasteiger partial charge in [-0.1, -0.05) is 54.6 Å². The molecule has 1 aromatic heterocycles. The summed E-state index contributed by atoms with van der Waals surface area (Å²) < 4.78 is 6.00. The summed E-state index contributed by atoms with van der Waals surface area (Å²) in [5.74, 6) is 0.184. The van der Waals surface area contributed by atoms with Crippen molar-refractivity contribution in [1.29, 1.82) is 0 Å². The Bertz CT molecular complexity index is 917. The van der Waals surface area contributed by atoms with E-state index in [1.165, 1.54) is 0 Å². The van der Waals surface area contributed by atoms with Gasteiger partial charge in [0.2, 0.25) is 11.6 Å². The summed E-state index contributed by atoms with van der Waals surface area (Å²) >= 11 is 0. The number of ketones is 2. The summed E-state index contributed by atoms with van der Waals surface area (Å²) in [5, 5.41) is 0. The smallest absolute Gasteiger partial charge is 0.237 e. The van der Waals surface area contributed by atoms with Crippen LogP contribution in [0.4, 0.5) is 0 Å². The van der Waals surface area contributed by atoms with E-state index in [0.29, 0.717) is 33.8 Å². The van der Waals surface area contributed by atoms with Crippen molar-refractivity contribution >= 4 is 11.6 Å². The van der Waals surface area contributed by atoms with Gasteiger partial charge in [-0.05, 0) is 6.92 Å². The third kappa shape index (κ3) is 1.62. The van der Waals surface area contributed by atoms with Crippen LogP contribution in [0.2, 0.25) is 0 Å². The molecule has 1 heterocycles. The van der Waals surface area contributed by atoms with Crippen molar-refractivity contribution in [2.45, 2.75) is 6.92 Å². The van der Waals surface area contributed by atoms with E-state index < -0.39 is 11.6 Å². The molecule has 0 unspecified atom stereocenters. The quantitative estimate of drug-likeness (QED) is 0.627. The second-order valence-electron chi connectivity index (χ2n) is 5.33. The highest BCUT2D eigenvalue weighted by atomic mass is 16.3. The van der Waals surface area contributed by atoms with Crippen molar-refractivity contribution in [3.63, 3.8) is 0 Å². The van der Waals surface area contributed by atoms with Gasteiger partial charge in [0, 0.05) is 22.3 Å². The van der Waals surface area contributed by atoms with E-state index in [0.717, 1.165) is 5.56 Å². The Morgan fingerprint density at radius 3 is 2.09 bits per heavy atom. The van der Waals surface area contributed by atoms with Gasteiger partial charge in [-0.25, -0.2) is 0 Å². The number of fused-ring (bicyclic) bond motifs is 3. The Morgan fingerprint density at radius 2 is 1.36 bits per heavy atom. The fourth-order valence-corrected chi connectivity index (χ4v) is 2.96. The van der Waals surface area contributed by atoms with Gasteiger partial charge in [-0.2, -0.15) is 0 Å². The van der Waals surface area contributed by atoms with Crippen LogP contribution in [-0.2, 0) is 0 Å². The molecule has 3 nitrogen and oxygen atoms in total.